The molecular weight excluding hydrogens is 431 g/mol. The number of aryl methyl sites for hydroxylation is 1. The first kappa shape index (κ1) is 23.7. The molecule has 0 aliphatic carbocycles. The van der Waals surface area contributed by atoms with Gasteiger partial charge in [-0.25, -0.2) is 17.5 Å². The number of amides is 1. The van der Waals surface area contributed by atoms with Gasteiger partial charge in [-0.05, 0) is 49.2 Å². The number of halogens is 1. The van der Waals surface area contributed by atoms with Crippen LogP contribution in [-0.2, 0) is 33.5 Å². The van der Waals surface area contributed by atoms with Crippen LogP contribution in [0.5, 0.6) is 0 Å². The van der Waals surface area contributed by atoms with Gasteiger partial charge < -0.3 is 9.73 Å². The molecule has 0 fully saturated rings. The van der Waals surface area contributed by atoms with Gasteiger partial charge in [-0.3, -0.25) is 4.79 Å². The Bertz CT molecular complexity index is 1150. The lowest BCUT2D eigenvalue weighted by atomic mass is 10.1. The van der Waals surface area contributed by atoms with Gasteiger partial charge in [-0.15, -0.1) is 0 Å². The van der Waals surface area contributed by atoms with E-state index >= 15 is 0 Å². The van der Waals surface area contributed by atoms with Gasteiger partial charge in [0.25, 0.3) is 0 Å². The second kappa shape index (κ2) is 10.6. The Morgan fingerprint density at radius 3 is 2.38 bits per heavy atom. The number of hydrogen-bond acceptors (Lipinski definition) is 4. The number of furan rings is 1. The summed E-state index contributed by atoms with van der Waals surface area (Å²) in [6.07, 6.45) is 0.640. The highest BCUT2D eigenvalue weighted by Crippen LogP contribution is 2.25. The quantitative estimate of drug-likeness (QED) is 0.477. The van der Waals surface area contributed by atoms with Crippen LogP contribution in [0.15, 0.2) is 65.1 Å². The zero-order chi connectivity index (χ0) is 23.1. The van der Waals surface area contributed by atoms with Crippen LogP contribution in [0.25, 0.3) is 11.3 Å². The van der Waals surface area contributed by atoms with Crippen LogP contribution in [0, 0.1) is 5.82 Å². The van der Waals surface area contributed by atoms with Crippen molar-refractivity contribution < 1.29 is 22.0 Å². The zero-order valence-electron chi connectivity index (χ0n) is 18.1. The molecule has 2 N–H and O–H groups in total. The summed E-state index contributed by atoms with van der Waals surface area (Å²) >= 11 is 0. The number of nitrogens with one attached hydrogen (secondary N) is 2. The second-order valence-corrected chi connectivity index (χ2v) is 9.62. The Kier molecular flexibility index (Phi) is 7.82. The standard InChI is InChI=1S/C24H27FN2O4S/c1-17(2)27-32(29,30)16-19-9-7-18(8-10-19)15-26-24(28)14-12-20-11-13-23(31-20)21-5-3-4-6-22(21)25/h3-11,13,17,27H,12,14-16H2,1-2H3,(H,26,28). The average Bonchev–Trinajstić information content (AvgIpc) is 3.19. The number of benzene rings is 2. The third-order valence-electron chi connectivity index (χ3n) is 4.68. The van der Waals surface area contributed by atoms with E-state index in [1.807, 2.05) is 0 Å². The Labute approximate surface area is 187 Å². The van der Waals surface area contributed by atoms with Gasteiger partial charge in [-0.1, -0.05) is 36.4 Å². The highest BCUT2D eigenvalue weighted by molar-refractivity contribution is 7.88. The fourth-order valence-corrected chi connectivity index (χ4v) is 4.65. The van der Waals surface area contributed by atoms with Gasteiger partial charge >= 0.3 is 0 Å². The molecule has 2 aromatic carbocycles. The van der Waals surface area contributed by atoms with E-state index in [1.165, 1.54) is 6.07 Å². The van der Waals surface area contributed by atoms with E-state index in [9.17, 15) is 17.6 Å². The number of sulfonamides is 1. The van der Waals surface area contributed by atoms with Crippen molar-refractivity contribution in [3.8, 4) is 11.3 Å². The van der Waals surface area contributed by atoms with Crippen molar-refractivity contribution in [1.29, 1.82) is 0 Å². The average molecular weight is 459 g/mol. The van der Waals surface area contributed by atoms with Crippen LogP contribution in [0.1, 0.15) is 37.2 Å². The molecule has 3 aromatic rings. The van der Waals surface area contributed by atoms with Crippen molar-refractivity contribution in [3.05, 3.63) is 83.4 Å². The Morgan fingerprint density at radius 1 is 1.00 bits per heavy atom. The summed E-state index contributed by atoms with van der Waals surface area (Å²) in [6, 6.07) is 16.8. The highest BCUT2D eigenvalue weighted by atomic mass is 32.2. The van der Waals surface area contributed by atoms with Gasteiger partial charge in [0.15, 0.2) is 0 Å². The van der Waals surface area contributed by atoms with Crippen LogP contribution in [-0.4, -0.2) is 20.4 Å². The van der Waals surface area contributed by atoms with E-state index in [1.54, 1.807) is 68.4 Å². The summed E-state index contributed by atoms with van der Waals surface area (Å²) in [5.74, 6) is 0.464. The molecule has 0 aliphatic heterocycles. The fraction of sp³-hybridized carbons (Fsp3) is 0.292. The summed E-state index contributed by atoms with van der Waals surface area (Å²) in [7, 11) is -3.37. The molecule has 0 atom stereocenters. The van der Waals surface area contributed by atoms with Crippen LogP contribution < -0.4 is 10.0 Å². The summed E-state index contributed by atoms with van der Waals surface area (Å²) in [5, 5.41) is 2.84. The maximum Gasteiger partial charge on any atom is 0.220 e. The van der Waals surface area contributed by atoms with E-state index in [4.69, 9.17) is 4.42 Å². The van der Waals surface area contributed by atoms with Crippen LogP contribution in [0.2, 0.25) is 0 Å². The SMILES string of the molecule is CC(C)NS(=O)(=O)Cc1ccc(CNC(=O)CCc2ccc(-c3ccccc3F)o2)cc1. The summed E-state index contributed by atoms with van der Waals surface area (Å²) in [5.41, 5.74) is 1.94. The molecule has 1 heterocycles. The van der Waals surface area contributed by atoms with Crippen molar-refractivity contribution in [2.24, 2.45) is 0 Å². The molecule has 8 heteroatoms. The molecule has 0 aliphatic rings. The summed E-state index contributed by atoms with van der Waals surface area (Å²) in [4.78, 5) is 12.2. The van der Waals surface area contributed by atoms with Crippen molar-refractivity contribution in [2.75, 3.05) is 0 Å². The summed E-state index contributed by atoms with van der Waals surface area (Å²) in [6.45, 7) is 3.89. The maximum absolute atomic E-state index is 13.9. The zero-order valence-corrected chi connectivity index (χ0v) is 18.9. The van der Waals surface area contributed by atoms with E-state index in [-0.39, 0.29) is 29.9 Å². The number of hydrogen-bond donors (Lipinski definition) is 2. The molecule has 0 unspecified atom stereocenters. The molecular formula is C24H27FN2O4S. The first-order valence-electron chi connectivity index (χ1n) is 10.4. The lowest BCUT2D eigenvalue weighted by molar-refractivity contribution is -0.121. The van der Waals surface area contributed by atoms with Gasteiger partial charge in [0.1, 0.15) is 17.3 Å². The smallest absolute Gasteiger partial charge is 0.220 e. The number of carbonyl (C=O) groups is 1. The third-order valence-corrected chi connectivity index (χ3v) is 6.23. The van der Waals surface area contributed by atoms with Crippen LogP contribution in [0.4, 0.5) is 4.39 Å². The monoisotopic (exact) mass is 458 g/mol. The van der Waals surface area contributed by atoms with Crippen LogP contribution in [0.3, 0.4) is 0 Å². The molecule has 6 nitrogen and oxygen atoms in total. The number of rotatable bonds is 10. The van der Waals surface area contributed by atoms with E-state index in [2.05, 4.69) is 10.0 Å². The molecule has 1 aromatic heterocycles. The van der Waals surface area contributed by atoms with Crippen LogP contribution >= 0.6 is 0 Å². The Balaban J connectivity index is 1.46. The Hall–Kier alpha value is -2.97. The van der Waals surface area contributed by atoms with Crippen molar-refractivity contribution >= 4 is 15.9 Å². The molecule has 170 valence electrons. The topological polar surface area (TPSA) is 88.4 Å². The molecule has 3 rings (SSSR count). The lowest BCUT2D eigenvalue weighted by Gasteiger charge is -2.10. The number of carbonyl (C=O) groups excluding carboxylic acids is 1. The largest absolute Gasteiger partial charge is 0.461 e. The van der Waals surface area contributed by atoms with Crippen molar-refractivity contribution in [3.63, 3.8) is 0 Å². The van der Waals surface area contributed by atoms with E-state index < -0.39 is 10.0 Å². The first-order chi connectivity index (χ1) is 15.2. The summed E-state index contributed by atoms with van der Waals surface area (Å²) < 4.78 is 46.1. The van der Waals surface area contributed by atoms with Crippen molar-refractivity contribution in [2.45, 2.75) is 45.0 Å². The minimum atomic E-state index is -3.37. The molecule has 0 saturated heterocycles. The molecule has 0 saturated carbocycles. The first-order valence-corrected chi connectivity index (χ1v) is 12.1. The molecule has 1 amide bonds. The third kappa shape index (κ3) is 7.03. The fourth-order valence-electron chi connectivity index (χ4n) is 3.22. The highest BCUT2D eigenvalue weighted by Gasteiger charge is 2.13. The second-order valence-electron chi connectivity index (χ2n) is 7.87. The molecule has 0 radical (unpaired) electrons. The Morgan fingerprint density at radius 2 is 1.69 bits per heavy atom. The van der Waals surface area contributed by atoms with Gasteiger partial charge in [0, 0.05) is 25.4 Å². The van der Waals surface area contributed by atoms with Crippen molar-refractivity contribution in [1.82, 2.24) is 10.0 Å². The predicted molar refractivity (Wildman–Crippen MR) is 122 cm³/mol. The van der Waals surface area contributed by atoms with Gasteiger partial charge in [0.2, 0.25) is 15.9 Å². The normalized spacial score (nSPS) is 11.6. The van der Waals surface area contributed by atoms with E-state index in [0.29, 0.717) is 35.6 Å². The molecule has 0 bridgehead atoms. The van der Waals surface area contributed by atoms with E-state index in [0.717, 1.165) is 5.56 Å². The lowest BCUT2D eigenvalue weighted by Crippen LogP contribution is -2.31. The minimum Gasteiger partial charge on any atom is -0.461 e. The van der Waals surface area contributed by atoms with Gasteiger partial charge in [-0.2, -0.15) is 0 Å². The minimum absolute atomic E-state index is 0.0875. The van der Waals surface area contributed by atoms with Gasteiger partial charge in [0.05, 0.1) is 11.3 Å². The maximum atomic E-state index is 13.9. The molecule has 32 heavy (non-hydrogen) atoms. The predicted octanol–water partition coefficient (Wildman–Crippen LogP) is 4.16. The molecule has 0 spiro atoms.